The number of benzene rings is 6. The van der Waals surface area contributed by atoms with E-state index in [2.05, 4.69) is 135 Å². The summed E-state index contributed by atoms with van der Waals surface area (Å²) in [5.41, 5.74) is 9.21. The largest absolute Gasteiger partial charge is 0.453 e. The lowest BCUT2D eigenvalue weighted by Gasteiger charge is -2.35. The van der Waals surface area contributed by atoms with Crippen LogP contribution in [0.4, 0.5) is 0 Å². The van der Waals surface area contributed by atoms with Gasteiger partial charge in [-0.05, 0) is 74.8 Å². The first-order chi connectivity index (χ1) is 21.1. The lowest BCUT2D eigenvalue weighted by molar-refractivity contribution is 0.413. The third kappa shape index (κ3) is 3.47. The number of fused-ring (bicyclic) bond motifs is 8. The molecule has 43 heavy (non-hydrogen) atoms. The lowest BCUT2D eigenvalue weighted by atomic mass is 9.74. The summed E-state index contributed by atoms with van der Waals surface area (Å²) in [6, 6.07) is 39.7. The number of hydrogen-bond acceptors (Lipinski definition) is 2. The highest BCUT2D eigenvalue weighted by atomic mass is 16.5. The Bertz CT molecular complexity index is 2220. The fraction of sp³-hybridized carbons (Fsp3) is 0.122. The summed E-state index contributed by atoms with van der Waals surface area (Å²) in [5, 5.41) is 6.21. The first-order valence-corrected chi connectivity index (χ1v) is 15.2. The number of aryl methyl sites for hydroxylation is 1. The van der Waals surface area contributed by atoms with E-state index in [1.54, 1.807) is 0 Å². The Morgan fingerprint density at radius 1 is 0.605 bits per heavy atom. The van der Waals surface area contributed by atoms with Gasteiger partial charge in [0.05, 0.1) is 0 Å². The van der Waals surface area contributed by atoms with Gasteiger partial charge in [0, 0.05) is 27.5 Å². The maximum Gasteiger partial charge on any atom is 0.177 e. The second-order valence-electron chi connectivity index (χ2n) is 12.4. The highest BCUT2D eigenvalue weighted by molar-refractivity contribution is 6.21. The first-order valence-electron chi connectivity index (χ1n) is 15.2. The quantitative estimate of drug-likeness (QED) is 0.198. The van der Waals surface area contributed by atoms with Crippen LogP contribution in [0, 0.1) is 0 Å². The summed E-state index contributed by atoms with van der Waals surface area (Å²) in [6.45, 7) is 4.61. The van der Waals surface area contributed by atoms with Gasteiger partial charge in [0.2, 0.25) is 0 Å². The van der Waals surface area contributed by atoms with Crippen molar-refractivity contribution in [3.8, 4) is 33.8 Å². The van der Waals surface area contributed by atoms with Gasteiger partial charge in [-0.3, -0.25) is 0 Å². The van der Waals surface area contributed by atoms with Crippen LogP contribution in [-0.4, -0.2) is 0 Å². The summed E-state index contributed by atoms with van der Waals surface area (Å²) >= 11 is 0. The number of ether oxygens (including phenoxy) is 1. The van der Waals surface area contributed by atoms with Crippen molar-refractivity contribution in [3.63, 3.8) is 0 Å². The van der Waals surface area contributed by atoms with Gasteiger partial charge in [-0.1, -0.05) is 117 Å². The van der Waals surface area contributed by atoms with Crippen LogP contribution in [0.3, 0.4) is 0 Å². The zero-order valence-electron chi connectivity index (χ0n) is 24.3. The molecule has 1 aliphatic heterocycles. The minimum Gasteiger partial charge on any atom is -0.453 e. The molecule has 0 spiro atoms. The summed E-state index contributed by atoms with van der Waals surface area (Å²) in [6.07, 6.45) is 6.36. The maximum absolute atomic E-state index is 6.73. The monoisotopic (exact) mass is 554 g/mol. The minimum atomic E-state index is -0.272. The van der Waals surface area contributed by atoms with Crippen molar-refractivity contribution in [3.05, 3.63) is 138 Å². The molecule has 0 bridgehead atoms. The van der Waals surface area contributed by atoms with E-state index < -0.39 is 0 Å². The van der Waals surface area contributed by atoms with Crippen molar-refractivity contribution in [1.29, 1.82) is 0 Å². The molecule has 0 N–H and O–H groups in total. The van der Waals surface area contributed by atoms with Gasteiger partial charge in [-0.2, -0.15) is 0 Å². The van der Waals surface area contributed by atoms with Gasteiger partial charge in [0.25, 0.3) is 0 Å². The van der Waals surface area contributed by atoms with E-state index in [1.165, 1.54) is 60.3 Å². The van der Waals surface area contributed by atoms with E-state index in [4.69, 9.17) is 9.15 Å². The average molecular weight is 555 g/mol. The van der Waals surface area contributed by atoms with E-state index >= 15 is 0 Å². The summed E-state index contributed by atoms with van der Waals surface area (Å²) < 4.78 is 13.2. The van der Waals surface area contributed by atoms with Crippen LogP contribution in [0.25, 0.3) is 60.8 Å². The second kappa shape index (κ2) is 8.96. The van der Waals surface area contributed by atoms with Crippen LogP contribution in [0.2, 0.25) is 0 Å². The van der Waals surface area contributed by atoms with Crippen LogP contribution in [0.1, 0.15) is 42.7 Å². The van der Waals surface area contributed by atoms with Crippen LogP contribution in [0.15, 0.2) is 120 Å². The van der Waals surface area contributed by atoms with Crippen molar-refractivity contribution in [2.24, 2.45) is 0 Å². The molecular weight excluding hydrogens is 524 g/mol. The molecule has 2 nitrogen and oxygen atoms in total. The fourth-order valence-corrected chi connectivity index (χ4v) is 7.48. The molecule has 7 aromatic rings. The maximum atomic E-state index is 6.73. The van der Waals surface area contributed by atoms with Crippen molar-refractivity contribution in [2.75, 3.05) is 0 Å². The third-order valence-corrected chi connectivity index (χ3v) is 9.60. The van der Waals surface area contributed by atoms with Crippen molar-refractivity contribution >= 4 is 38.6 Å². The Balaban J connectivity index is 1.27. The van der Waals surface area contributed by atoms with Crippen LogP contribution < -0.4 is 4.74 Å². The molecule has 0 unspecified atom stereocenters. The van der Waals surface area contributed by atoms with Gasteiger partial charge in [0.1, 0.15) is 11.5 Å². The van der Waals surface area contributed by atoms with E-state index in [0.29, 0.717) is 0 Å². The highest BCUT2D eigenvalue weighted by Gasteiger charge is 2.37. The molecule has 2 heteroatoms. The standard InChI is InChI=1S/C41H30O2/c1-41(2)33-22-21-32-27-14-10-11-19-35(27)42-39(32)40(33)43-36-23-20-26(24-34(36)41)38-30-17-8-6-15-28(30)37(25-12-4-3-5-13-25)29-16-7-9-18-31(29)38/h3-9,11-13,15-24H,10,14H2,1-2H3. The lowest BCUT2D eigenvalue weighted by Crippen LogP contribution is -2.24. The molecule has 9 rings (SSSR count). The van der Waals surface area contributed by atoms with Crippen LogP contribution in [0.5, 0.6) is 11.5 Å². The van der Waals surface area contributed by atoms with Crippen molar-refractivity contribution in [2.45, 2.75) is 32.1 Å². The predicted octanol–water partition coefficient (Wildman–Crippen LogP) is 11.5. The van der Waals surface area contributed by atoms with Crippen molar-refractivity contribution < 1.29 is 9.15 Å². The summed E-state index contributed by atoms with van der Waals surface area (Å²) in [7, 11) is 0. The molecule has 0 saturated heterocycles. The number of hydrogen-bond donors (Lipinski definition) is 0. The molecule has 0 amide bonds. The van der Waals surface area contributed by atoms with E-state index in [-0.39, 0.29) is 5.41 Å². The Kier molecular flexibility index (Phi) is 5.11. The van der Waals surface area contributed by atoms with E-state index in [1.807, 2.05) is 0 Å². The Labute approximate surface area is 250 Å². The minimum absolute atomic E-state index is 0.272. The van der Waals surface area contributed by atoms with Gasteiger partial charge >= 0.3 is 0 Å². The van der Waals surface area contributed by atoms with Crippen LogP contribution in [-0.2, 0) is 11.8 Å². The molecule has 0 radical (unpaired) electrons. The number of furan rings is 1. The van der Waals surface area contributed by atoms with Gasteiger partial charge < -0.3 is 9.15 Å². The van der Waals surface area contributed by atoms with E-state index in [9.17, 15) is 0 Å². The summed E-state index contributed by atoms with van der Waals surface area (Å²) in [4.78, 5) is 0. The molecule has 2 aliphatic rings. The normalized spacial score (nSPS) is 14.8. The molecule has 1 aliphatic carbocycles. The molecule has 0 atom stereocenters. The topological polar surface area (TPSA) is 22.4 Å². The fourth-order valence-electron chi connectivity index (χ4n) is 7.48. The Morgan fingerprint density at radius 3 is 1.95 bits per heavy atom. The molecule has 1 aromatic heterocycles. The van der Waals surface area contributed by atoms with E-state index in [0.717, 1.165) is 41.2 Å². The number of allylic oxidation sites excluding steroid dienone is 1. The third-order valence-electron chi connectivity index (χ3n) is 9.60. The smallest absolute Gasteiger partial charge is 0.177 e. The van der Waals surface area contributed by atoms with Gasteiger partial charge in [-0.15, -0.1) is 0 Å². The van der Waals surface area contributed by atoms with Crippen molar-refractivity contribution in [1.82, 2.24) is 0 Å². The SMILES string of the molecule is CC1(C)c2cc(-c3c4ccccc4c(-c4ccccc4)c4ccccc34)ccc2Oc2c1ccc1c3c(oc21)C=CCC3. The average Bonchev–Trinajstić information content (AvgIpc) is 3.43. The Hall–Kier alpha value is -5.08. The van der Waals surface area contributed by atoms with Gasteiger partial charge in [-0.25, -0.2) is 0 Å². The molecule has 0 fully saturated rings. The highest BCUT2D eigenvalue weighted by Crippen LogP contribution is 2.53. The molecule has 6 aromatic carbocycles. The molecule has 0 saturated carbocycles. The molecule has 206 valence electrons. The van der Waals surface area contributed by atoms with Crippen LogP contribution >= 0.6 is 0 Å². The second-order valence-corrected chi connectivity index (χ2v) is 12.4. The zero-order valence-corrected chi connectivity index (χ0v) is 24.3. The number of rotatable bonds is 2. The summed E-state index contributed by atoms with van der Waals surface area (Å²) in [5.74, 6) is 2.72. The molecular formula is C41H30O2. The zero-order chi connectivity index (χ0) is 28.7. The Morgan fingerprint density at radius 2 is 1.26 bits per heavy atom. The predicted molar refractivity (Wildman–Crippen MR) is 178 cm³/mol. The molecule has 2 heterocycles. The first kappa shape index (κ1) is 24.5. The van der Waals surface area contributed by atoms with Gasteiger partial charge in [0.15, 0.2) is 11.3 Å².